The Hall–Kier alpha value is -1.23. The summed E-state index contributed by atoms with van der Waals surface area (Å²) in [6.07, 6.45) is -2.68. The molecule has 1 heterocycles. The molecule has 0 aliphatic carbocycles. The van der Waals surface area contributed by atoms with Crippen LogP contribution in [0.3, 0.4) is 0 Å². The summed E-state index contributed by atoms with van der Waals surface area (Å²) >= 11 is 0. The summed E-state index contributed by atoms with van der Waals surface area (Å²) in [5.41, 5.74) is 2.41. The number of alkyl halides is 3. The minimum Gasteiger partial charge on any atom is -0.548 e. The Bertz CT molecular complexity index is 726. The molecule has 0 radical (unpaired) electrons. The van der Waals surface area contributed by atoms with Crippen molar-refractivity contribution in [2.75, 3.05) is 6.61 Å². The number of ether oxygens (including phenoxy) is 2. The van der Waals surface area contributed by atoms with E-state index in [1.54, 1.807) is 10.7 Å². The first-order valence-electron chi connectivity index (χ1n) is 8.54. The number of aromatic nitrogens is 2. The quantitative estimate of drug-likeness (QED) is 0.378. The Kier molecular flexibility index (Phi) is 11.8. The van der Waals surface area contributed by atoms with Gasteiger partial charge in [0, 0.05) is 12.3 Å². The Labute approximate surface area is 188 Å². The molecule has 8 heteroatoms. The monoisotopic (exact) mass is 620 g/mol. The first-order chi connectivity index (χ1) is 12.6. The van der Waals surface area contributed by atoms with Crippen LogP contribution in [0.4, 0.5) is 13.2 Å². The molecule has 0 N–H and O–H groups in total. The maximum Gasteiger partial charge on any atom is 2.00 e. The standard InChI is InChI=1S/C17H17F3N2O2.C3H8.U/c1-11(2)23-10-12(3)16-9-13(4)22(21-16)14-5-7-15(8-6-14)24-17(18,19)20;1-3-2;/h3,5-9H,10H2,1-2,4H3;3H2,1-2H3;/q-2;;+2. The van der Waals surface area contributed by atoms with E-state index in [-0.39, 0.29) is 43.5 Å². The molecule has 2 aromatic rings. The van der Waals surface area contributed by atoms with Gasteiger partial charge >= 0.3 is 37.5 Å². The van der Waals surface area contributed by atoms with Crippen molar-refractivity contribution in [3.8, 4) is 11.4 Å². The third kappa shape index (κ3) is 9.31. The maximum atomic E-state index is 12.2. The fraction of sp³-hybridized carbons (Fsp3) is 0.400. The largest absolute Gasteiger partial charge is 2.00 e. The molecule has 0 atom stereocenters. The summed E-state index contributed by atoms with van der Waals surface area (Å²) in [6, 6.07) is 7.22. The second kappa shape index (κ2) is 12.4. The molecule has 0 spiro atoms. The summed E-state index contributed by atoms with van der Waals surface area (Å²) in [6.45, 7) is 15.9. The van der Waals surface area contributed by atoms with Crippen molar-refractivity contribution in [1.82, 2.24) is 9.78 Å². The number of hydrogen-bond donors (Lipinski definition) is 0. The molecular weight excluding hydrogens is 595 g/mol. The van der Waals surface area contributed by atoms with Gasteiger partial charge in [0.15, 0.2) is 0 Å². The van der Waals surface area contributed by atoms with E-state index in [1.807, 2.05) is 20.8 Å². The van der Waals surface area contributed by atoms with Gasteiger partial charge in [0.05, 0.1) is 5.69 Å². The van der Waals surface area contributed by atoms with Crippen molar-refractivity contribution in [3.05, 3.63) is 54.4 Å². The van der Waals surface area contributed by atoms with Crippen LogP contribution in [0.2, 0.25) is 0 Å². The van der Waals surface area contributed by atoms with Crippen LogP contribution < -0.4 is 4.74 Å². The van der Waals surface area contributed by atoms with E-state index in [1.165, 1.54) is 30.7 Å². The van der Waals surface area contributed by atoms with Gasteiger partial charge in [-0.15, -0.1) is 13.2 Å². The summed E-state index contributed by atoms with van der Waals surface area (Å²) < 4.78 is 47.3. The summed E-state index contributed by atoms with van der Waals surface area (Å²) in [5, 5.41) is 4.36. The molecule has 0 saturated carbocycles. The summed E-state index contributed by atoms with van der Waals surface area (Å²) in [4.78, 5) is 0. The van der Waals surface area contributed by atoms with Crippen LogP contribution >= 0.6 is 0 Å². The van der Waals surface area contributed by atoms with Gasteiger partial charge < -0.3 is 9.47 Å². The van der Waals surface area contributed by atoms with Crippen LogP contribution in [0.1, 0.15) is 45.5 Å². The molecule has 152 valence electrons. The Morgan fingerprint density at radius 3 is 2.18 bits per heavy atom. The van der Waals surface area contributed by atoms with Crippen LogP contribution in [0, 0.1) is 50.7 Å². The Morgan fingerprint density at radius 1 is 1.18 bits per heavy atom. The zero-order valence-corrected chi connectivity index (χ0v) is 20.9. The van der Waals surface area contributed by atoms with Crippen LogP contribution in [0.5, 0.6) is 5.75 Å². The summed E-state index contributed by atoms with van der Waals surface area (Å²) in [5.74, 6) is -0.287. The maximum absolute atomic E-state index is 12.2. The molecule has 0 unspecified atom stereocenters. The molecule has 1 aromatic heterocycles. The van der Waals surface area contributed by atoms with Crippen LogP contribution in [0.15, 0.2) is 30.3 Å². The number of hydrogen-bond acceptors (Lipinski definition) is 3. The molecule has 0 bridgehead atoms. The van der Waals surface area contributed by atoms with Crippen molar-refractivity contribution in [2.45, 2.75) is 47.4 Å². The van der Waals surface area contributed by atoms with Crippen molar-refractivity contribution in [1.29, 1.82) is 0 Å². The molecule has 2 rings (SSSR count). The fourth-order valence-electron chi connectivity index (χ4n) is 1.98. The number of rotatable bonds is 6. The van der Waals surface area contributed by atoms with Gasteiger partial charge in [-0.3, -0.25) is 16.4 Å². The molecule has 0 aliphatic rings. The van der Waals surface area contributed by atoms with Crippen LogP contribution in [0.25, 0.3) is 11.3 Å². The fourth-order valence-corrected chi connectivity index (χ4v) is 1.98. The second-order valence-electron chi connectivity index (χ2n) is 6.05. The molecule has 1 aromatic carbocycles. The molecule has 0 saturated heterocycles. The Morgan fingerprint density at radius 2 is 1.71 bits per heavy atom. The zero-order valence-electron chi connectivity index (χ0n) is 16.7. The summed E-state index contributed by atoms with van der Waals surface area (Å²) in [7, 11) is 0. The first-order valence-corrected chi connectivity index (χ1v) is 8.54. The van der Waals surface area contributed by atoms with Crippen LogP contribution in [-0.2, 0) is 4.74 Å². The molecule has 0 fully saturated rings. The first kappa shape index (κ1) is 26.8. The van der Waals surface area contributed by atoms with E-state index >= 15 is 0 Å². The van der Waals surface area contributed by atoms with E-state index in [0.717, 1.165) is 11.8 Å². The third-order valence-corrected chi connectivity index (χ3v) is 3.05. The van der Waals surface area contributed by atoms with E-state index in [0.29, 0.717) is 17.0 Å². The number of aryl methyl sites for hydroxylation is 1. The van der Waals surface area contributed by atoms with Crippen molar-refractivity contribution in [3.63, 3.8) is 0 Å². The SMILES string of the molecule is CCC.[CH-]=C(CO[C-](C)C)c1cc(C)n(-c2ccc(OC(F)(F)F)cc2)n1.[U+2]. The van der Waals surface area contributed by atoms with Crippen molar-refractivity contribution in [2.24, 2.45) is 0 Å². The third-order valence-electron chi connectivity index (χ3n) is 3.05. The van der Waals surface area contributed by atoms with E-state index in [9.17, 15) is 13.2 Å². The molecule has 4 nitrogen and oxygen atoms in total. The average molecular weight is 620 g/mol. The average Bonchev–Trinajstić information content (AvgIpc) is 2.94. The van der Waals surface area contributed by atoms with E-state index in [4.69, 9.17) is 11.3 Å². The topological polar surface area (TPSA) is 36.3 Å². The van der Waals surface area contributed by atoms with Gasteiger partial charge in [-0.1, -0.05) is 32.0 Å². The van der Waals surface area contributed by atoms with Gasteiger partial charge in [0.2, 0.25) is 0 Å². The van der Waals surface area contributed by atoms with Crippen molar-refractivity contribution < 1.29 is 53.8 Å². The number of halogens is 3. The molecule has 0 amide bonds. The zero-order chi connectivity index (χ0) is 20.6. The molecule has 0 aliphatic heterocycles. The van der Waals surface area contributed by atoms with Crippen LogP contribution in [-0.4, -0.2) is 22.7 Å². The molecule has 28 heavy (non-hydrogen) atoms. The minimum absolute atomic E-state index is 0. The predicted molar refractivity (Wildman–Crippen MR) is 99.2 cm³/mol. The van der Waals surface area contributed by atoms with E-state index < -0.39 is 6.36 Å². The van der Waals surface area contributed by atoms with Crippen molar-refractivity contribution >= 4 is 5.57 Å². The smallest absolute Gasteiger partial charge is 0.548 e. The van der Waals surface area contributed by atoms with Gasteiger partial charge in [0.1, 0.15) is 5.75 Å². The van der Waals surface area contributed by atoms with Gasteiger partial charge in [0.25, 0.3) is 0 Å². The normalized spacial score (nSPS) is 10.8. The van der Waals surface area contributed by atoms with Gasteiger partial charge in [-0.05, 0) is 31.2 Å². The predicted octanol–water partition coefficient (Wildman–Crippen LogP) is 5.90. The second-order valence-corrected chi connectivity index (χ2v) is 6.05. The minimum atomic E-state index is -4.71. The number of benzene rings is 1. The van der Waals surface area contributed by atoms with E-state index in [2.05, 4.69) is 23.7 Å². The molecular formula is C20H25F3N2O2U. The van der Waals surface area contributed by atoms with Gasteiger partial charge in [-0.2, -0.15) is 19.4 Å². The Balaban J connectivity index is 0.00000171. The van der Waals surface area contributed by atoms with Gasteiger partial charge in [-0.25, -0.2) is 6.10 Å². The number of nitrogens with zero attached hydrogens (tertiary/aromatic N) is 2.